The molecule has 2 atom stereocenters. The van der Waals surface area contributed by atoms with Crippen LogP contribution in [0.1, 0.15) is 48.8 Å². The van der Waals surface area contributed by atoms with Gasteiger partial charge in [-0.25, -0.2) is 13.6 Å². The summed E-state index contributed by atoms with van der Waals surface area (Å²) in [6.07, 6.45) is 3.43. The van der Waals surface area contributed by atoms with Crippen molar-refractivity contribution in [1.29, 1.82) is 0 Å². The van der Waals surface area contributed by atoms with Crippen LogP contribution < -0.4 is 10.5 Å². The number of carbonyl (C=O) groups is 2. The Bertz CT molecular complexity index is 982. The van der Waals surface area contributed by atoms with Crippen LogP contribution in [0.25, 0.3) is 0 Å². The molecule has 154 valence electrons. The lowest BCUT2D eigenvalue weighted by Gasteiger charge is -2.14. The average molecular weight is 415 g/mol. The molecule has 0 spiro atoms. The van der Waals surface area contributed by atoms with Gasteiger partial charge in [0.15, 0.2) is 0 Å². The van der Waals surface area contributed by atoms with Crippen LogP contribution in [-0.2, 0) is 32.6 Å². The standard InChI is InChI=1S/C22H26N2O4S/c1-15(18-9-5-16(6-10-18)13-19-3-2-4-21(19)25)22(26)24-14-17-7-11-20(12-8-17)29(23,27)28/h5-12,15,19H,2-4,13-14H2,1H3,(H,24,26)(H2,23,27,28)/t15-,19+/m0/s1. The normalized spacial score (nSPS) is 17.9. The Labute approximate surface area is 171 Å². The third-order valence-electron chi connectivity index (χ3n) is 5.50. The van der Waals surface area contributed by atoms with E-state index in [1.807, 2.05) is 31.2 Å². The van der Waals surface area contributed by atoms with Gasteiger partial charge >= 0.3 is 0 Å². The predicted molar refractivity (Wildman–Crippen MR) is 111 cm³/mol. The van der Waals surface area contributed by atoms with E-state index < -0.39 is 10.0 Å². The molecule has 1 saturated carbocycles. The van der Waals surface area contributed by atoms with E-state index in [0.29, 0.717) is 18.7 Å². The molecular weight excluding hydrogens is 388 g/mol. The van der Waals surface area contributed by atoms with Gasteiger partial charge in [0.25, 0.3) is 0 Å². The molecule has 29 heavy (non-hydrogen) atoms. The zero-order chi connectivity index (χ0) is 21.0. The van der Waals surface area contributed by atoms with Gasteiger partial charge in [0.2, 0.25) is 15.9 Å². The first-order valence-corrected chi connectivity index (χ1v) is 11.3. The zero-order valence-corrected chi connectivity index (χ0v) is 17.2. The summed E-state index contributed by atoms with van der Waals surface area (Å²) in [5, 5.41) is 7.95. The highest BCUT2D eigenvalue weighted by atomic mass is 32.2. The third kappa shape index (κ3) is 5.52. The molecule has 0 unspecified atom stereocenters. The number of Topliss-reactive ketones (excluding diaryl/α,β-unsaturated/α-hetero) is 1. The first kappa shape index (κ1) is 21.2. The Morgan fingerprint density at radius 3 is 2.28 bits per heavy atom. The molecule has 3 rings (SSSR count). The lowest BCUT2D eigenvalue weighted by molar-refractivity contribution is -0.122. The molecule has 2 aromatic carbocycles. The molecule has 0 aromatic heterocycles. The fourth-order valence-corrected chi connectivity index (χ4v) is 4.14. The number of nitrogens with two attached hydrogens (primary N) is 1. The van der Waals surface area contributed by atoms with Gasteiger partial charge < -0.3 is 5.32 Å². The van der Waals surface area contributed by atoms with Crippen LogP contribution >= 0.6 is 0 Å². The minimum Gasteiger partial charge on any atom is -0.352 e. The molecule has 0 heterocycles. The molecular formula is C22H26N2O4S. The molecule has 3 N–H and O–H groups in total. The summed E-state index contributed by atoms with van der Waals surface area (Å²) in [6.45, 7) is 2.14. The molecule has 0 radical (unpaired) electrons. The first-order chi connectivity index (χ1) is 13.7. The molecule has 1 aliphatic carbocycles. The summed E-state index contributed by atoms with van der Waals surface area (Å²) in [5.74, 6) is 0.0706. The van der Waals surface area contributed by atoms with Crippen molar-refractivity contribution in [3.8, 4) is 0 Å². The largest absolute Gasteiger partial charge is 0.352 e. The van der Waals surface area contributed by atoms with Crippen molar-refractivity contribution in [2.24, 2.45) is 11.1 Å². The number of hydrogen-bond donors (Lipinski definition) is 2. The molecule has 1 fully saturated rings. The maximum Gasteiger partial charge on any atom is 0.238 e. The third-order valence-corrected chi connectivity index (χ3v) is 6.43. The second-order valence-corrected chi connectivity index (χ2v) is 9.19. The van der Waals surface area contributed by atoms with Gasteiger partial charge in [-0.3, -0.25) is 9.59 Å². The highest BCUT2D eigenvalue weighted by molar-refractivity contribution is 7.89. The molecule has 0 aliphatic heterocycles. The van der Waals surface area contributed by atoms with Crippen LogP contribution in [0.4, 0.5) is 0 Å². The number of rotatable bonds is 7. The molecule has 0 saturated heterocycles. The van der Waals surface area contributed by atoms with Gasteiger partial charge in [-0.05, 0) is 55.0 Å². The highest BCUT2D eigenvalue weighted by Gasteiger charge is 2.24. The van der Waals surface area contributed by atoms with Gasteiger partial charge in [0.05, 0.1) is 10.8 Å². The average Bonchev–Trinajstić information content (AvgIpc) is 3.10. The second-order valence-electron chi connectivity index (χ2n) is 7.63. The van der Waals surface area contributed by atoms with Gasteiger partial charge in [-0.2, -0.15) is 0 Å². The molecule has 1 aliphatic rings. The Morgan fingerprint density at radius 1 is 1.10 bits per heavy atom. The zero-order valence-electron chi connectivity index (χ0n) is 16.4. The van der Waals surface area contributed by atoms with Crippen LogP contribution in [0.3, 0.4) is 0 Å². The topological polar surface area (TPSA) is 106 Å². The number of carbonyl (C=O) groups excluding carboxylic acids is 2. The molecule has 0 bridgehead atoms. The quantitative estimate of drug-likeness (QED) is 0.726. The number of benzene rings is 2. The summed E-state index contributed by atoms with van der Waals surface area (Å²) < 4.78 is 22.6. The number of amides is 1. The smallest absolute Gasteiger partial charge is 0.238 e. The highest BCUT2D eigenvalue weighted by Crippen LogP contribution is 2.26. The van der Waals surface area contributed by atoms with Crippen molar-refractivity contribution in [2.45, 2.75) is 50.0 Å². The van der Waals surface area contributed by atoms with Crippen LogP contribution in [0, 0.1) is 5.92 Å². The lowest BCUT2D eigenvalue weighted by Crippen LogP contribution is -2.27. The van der Waals surface area contributed by atoms with Gasteiger partial charge in [-0.1, -0.05) is 36.4 Å². The summed E-state index contributed by atoms with van der Waals surface area (Å²) in [5.41, 5.74) is 2.82. The SMILES string of the molecule is C[C@H](C(=O)NCc1ccc(S(N)(=O)=O)cc1)c1ccc(C[C@H]2CCCC2=O)cc1. The van der Waals surface area contributed by atoms with Crippen molar-refractivity contribution in [1.82, 2.24) is 5.32 Å². The van der Waals surface area contributed by atoms with Crippen LogP contribution in [0.15, 0.2) is 53.4 Å². The summed E-state index contributed by atoms with van der Waals surface area (Å²) in [4.78, 5) is 24.3. The number of sulfonamides is 1. The van der Waals surface area contributed by atoms with Crippen molar-refractivity contribution < 1.29 is 18.0 Å². The number of hydrogen-bond acceptors (Lipinski definition) is 4. The van der Waals surface area contributed by atoms with Crippen molar-refractivity contribution in [2.75, 3.05) is 0 Å². The van der Waals surface area contributed by atoms with Crippen LogP contribution in [0.2, 0.25) is 0 Å². The van der Waals surface area contributed by atoms with Crippen molar-refractivity contribution in [3.05, 3.63) is 65.2 Å². The summed E-state index contributed by atoms with van der Waals surface area (Å²) >= 11 is 0. The van der Waals surface area contributed by atoms with E-state index in [1.54, 1.807) is 12.1 Å². The number of nitrogens with one attached hydrogen (secondary N) is 1. The van der Waals surface area contributed by atoms with E-state index in [9.17, 15) is 18.0 Å². The fourth-order valence-electron chi connectivity index (χ4n) is 3.62. The van der Waals surface area contributed by atoms with E-state index in [0.717, 1.165) is 36.0 Å². The van der Waals surface area contributed by atoms with Crippen LogP contribution in [0.5, 0.6) is 0 Å². The maximum atomic E-state index is 12.5. The van der Waals surface area contributed by atoms with E-state index in [-0.39, 0.29) is 22.6 Å². The Morgan fingerprint density at radius 2 is 1.72 bits per heavy atom. The van der Waals surface area contributed by atoms with Crippen LogP contribution in [-0.4, -0.2) is 20.1 Å². The van der Waals surface area contributed by atoms with E-state index in [2.05, 4.69) is 5.32 Å². The van der Waals surface area contributed by atoms with Crippen molar-refractivity contribution in [3.63, 3.8) is 0 Å². The predicted octanol–water partition coefficient (Wildman–Crippen LogP) is 2.67. The first-order valence-electron chi connectivity index (χ1n) is 9.75. The monoisotopic (exact) mass is 414 g/mol. The van der Waals surface area contributed by atoms with Crippen molar-refractivity contribution >= 4 is 21.7 Å². The maximum absolute atomic E-state index is 12.5. The lowest BCUT2D eigenvalue weighted by atomic mass is 9.94. The Hall–Kier alpha value is -2.51. The molecule has 6 nitrogen and oxygen atoms in total. The number of primary sulfonamides is 1. The molecule has 7 heteroatoms. The minimum atomic E-state index is -3.72. The minimum absolute atomic E-state index is 0.0420. The van der Waals surface area contributed by atoms with E-state index in [1.165, 1.54) is 12.1 Å². The van der Waals surface area contributed by atoms with E-state index in [4.69, 9.17) is 5.14 Å². The van der Waals surface area contributed by atoms with Gasteiger partial charge in [-0.15, -0.1) is 0 Å². The van der Waals surface area contributed by atoms with E-state index >= 15 is 0 Å². The number of ketones is 1. The summed E-state index contributed by atoms with van der Waals surface area (Å²) in [6, 6.07) is 14.0. The second kappa shape index (κ2) is 8.88. The van der Waals surface area contributed by atoms with Gasteiger partial charge in [0, 0.05) is 18.9 Å². The Kier molecular flexibility index (Phi) is 6.49. The van der Waals surface area contributed by atoms with Gasteiger partial charge in [0.1, 0.15) is 5.78 Å². The fraction of sp³-hybridized carbons (Fsp3) is 0.364. The Balaban J connectivity index is 1.55. The molecule has 1 amide bonds. The molecule has 2 aromatic rings. The summed E-state index contributed by atoms with van der Waals surface area (Å²) in [7, 11) is -3.72.